The Hall–Kier alpha value is -0.170. The SMILES string of the molecule is CC(CS(=O)(=O)O)C(C)(N)CCO. The second-order valence-electron chi connectivity index (χ2n) is 3.63. The highest BCUT2D eigenvalue weighted by molar-refractivity contribution is 7.85. The van der Waals surface area contributed by atoms with E-state index in [4.69, 9.17) is 15.4 Å². The summed E-state index contributed by atoms with van der Waals surface area (Å²) in [4.78, 5) is 0. The lowest BCUT2D eigenvalue weighted by Gasteiger charge is -2.30. The fraction of sp³-hybridized carbons (Fsp3) is 1.00. The lowest BCUT2D eigenvalue weighted by molar-refractivity contribution is 0.214. The van der Waals surface area contributed by atoms with Crippen LogP contribution in [0, 0.1) is 5.92 Å². The van der Waals surface area contributed by atoms with Gasteiger partial charge in [0.25, 0.3) is 10.1 Å². The lowest BCUT2D eigenvalue weighted by atomic mass is 9.87. The molecular formula is C7H17NO4S. The molecule has 0 spiro atoms. The van der Waals surface area contributed by atoms with Gasteiger partial charge in [-0.05, 0) is 19.3 Å². The Morgan fingerprint density at radius 1 is 1.54 bits per heavy atom. The minimum Gasteiger partial charge on any atom is -0.396 e. The van der Waals surface area contributed by atoms with Crippen molar-refractivity contribution in [1.82, 2.24) is 0 Å². The Kier molecular flexibility index (Phi) is 4.31. The van der Waals surface area contributed by atoms with E-state index in [1.807, 2.05) is 0 Å². The first-order chi connectivity index (χ1) is 5.69. The monoisotopic (exact) mass is 211 g/mol. The van der Waals surface area contributed by atoms with E-state index in [9.17, 15) is 8.42 Å². The molecule has 0 radical (unpaired) electrons. The van der Waals surface area contributed by atoms with Crippen molar-refractivity contribution in [2.24, 2.45) is 11.7 Å². The second kappa shape index (κ2) is 4.36. The van der Waals surface area contributed by atoms with Crippen LogP contribution in [0.5, 0.6) is 0 Å². The number of rotatable bonds is 5. The largest absolute Gasteiger partial charge is 0.396 e. The molecule has 6 heteroatoms. The molecule has 0 bridgehead atoms. The van der Waals surface area contributed by atoms with Gasteiger partial charge in [-0.1, -0.05) is 6.92 Å². The highest BCUT2D eigenvalue weighted by Gasteiger charge is 2.29. The highest BCUT2D eigenvalue weighted by atomic mass is 32.2. The summed E-state index contributed by atoms with van der Waals surface area (Å²) < 4.78 is 29.6. The van der Waals surface area contributed by atoms with Crippen LogP contribution in [0.2, 0.25) is 0 Å². The Bertz CT molecular complexity index is 247. The summed E-state index contributed by atoms with van der Waals surface area (Å²) in [5, 5.41) is 8.66. The third-order valence-corrected chi connectivity index (χ3v) is 3.16. The minimum atomic E-state index is -3.99. The van der Waals surface area contributed by atoms with Gasteiger partial charge in [-0.2, -0.15) is 8.42 Å². The standard InChI is InChI=1S/C7H17NO4S/c1-6(5-13(10,11)12)7(2,8)3-4-9/h6,9H,3-5,8H2,1-2H3,(H,10,11,12). The van der Waals surface area contributed by atoms with Crippen LogP contribution in [-0.4, -0.2) is 36.0 Å². The summed E-state index contributed by atoms with van der Waals surface area (Å²) in [6.45, 7) is 3.19. The van der Waals surface area contributed by atoms with Crippen molar-refractivity contribution >= 4 is 10.1 Å². The smallest absolute Gasteiger partial charge is 0.265 e. The molecule has 0 aliphatic rings. The van der Waals surface area contributed by atoms with E-state index in [-0.39, 0.29) is 12.4 Å². The van der Waals surface area contributed by atoms with Crippen molar-refractivity contribution in [2.45, 2.75) is 25.8 Å². The van der Waals surface area contributed by atoms with Crippen LogP contribution in [0.25, 0.3) is 0 Å². The van der Waals surface area contributed by atoms with Crippen molar-refractivity contribution in [1.29, 1.82) is 0 Å². The normalized spacial score (nSPS) is 19.5. The molecule has 0 aromatic carbocycles. The van der Waals surface area contributed by atoms with Crippen molar-refractivity contribution in [2.75, 3.05) is 12.4 Å². The number of aliphatic hydroxyl groups is 1. The number of nitrogens with two attached hydrogens (primary N) is 1. The molecule has 0 aromatic rings. The Balaban J connectivity index is 4.33. The molecule has 0 rings (SSSR count). The zero-order valence-corrected chi connectivity index (χ0v) is 8.71. The maximum Gasteiger partial charge on any atom is 0.265 e. The van der Waals surface area contributed by atoms with Crippen LogP contribution >= 0.6 is 0 Å². The molecule has 0 aromatic heterocycles. The topological polar surface area (TPSA) is 101 Å². The molecule has 0 heterocycles. The maximum atomic E-state index is 10.5. The fourth-order valence-electron chi connectivity index (χ4n) is 0.994. The van der Waals surface area contributed by atoms with Gasteiger partial charge in [0.05, 0.1) is 5.75 Å². The Morgan fingerprint density at radius 2 is 2.00 bits per heavy atom. The molecule has 0 fully saturated rings. The van der Waals surface area contributed by atoms with Crippen LogP contribution in [0.4, 0.5) is 0 Å². The predicted molar refractivity (Wildman–Crippen MR) is 49.9 cm³/mol. The van der Waals surface area contributed by atoms with Crippen LogP contribution < -0.4 is 5.73 Å². The van der Waals surface area contributed by atoms with E-state index in [1.54, 1.807) is 13.8 Å². The summed E-state index contributed by atoms with van der Waals surface area (Å²) >= 11 is 0. The first-order valence-corrected chi connectivity index (χ1v) is 5.65. The highest BCUT2D eigenvalue weighted by Crippen LogP contribution is 2.18. The molecule has 0 aliphatic carbocycles. The van der Waals surface area contributed by atoms with E-state index in [1.165, 1.54) is 0 Å². The van der Waals surface area contributed by atoms with E-state index < -0.39 is 21.6 Å². The summed E-state index contributed by atoms with van der Waals surface area (Å²) in [5.41, 5.74) is 4.97. The molecule has 80 valence electrons. The van der Waals surface area contributed by atoms with Crippen molar-refractivity contribution in [3.05, 3.63) is 0 Å². The third kappa shape index (κ3) is 5.20. The maximum absolute atomic E-state index is 10.5. The van der Waals surface area contributed by atoms with Crippen LogP contribution in [0.1, 0.15) is 20.3 Å². The van der Waals surface area contributed by atoms with Gasteiger partial charge in [0, 0.05) is 12.1 Å². The first kappa shape index (κ1) is 12.8. The fourth-order valence-corrected chi connectivity index (χ4v) is 2.01. The molecule has 13 heavy (non-hydrogen) atoms. The summed E-state index contributed by atoms with van der Waals surface area (Å²) in [7, 11) is -3.99. The van der Waals surface area contributed by atoms with Crippen LogP contribution in [-0.2, 0) is 10.1 Å². The number of aliphatic hydroxyl groups excluding tert-OH is 1. The molecule has 5 nitrogen and oxygen atoms in total. The predicted octanol–water partition coefficient (Wildman–Crippen LogP) is -0.390. The number of hydrogen-bond donors (Lipinski definition) is 3. The van der Waals surface area contributed by atoms with Crippen LogP contribution in [0.3, 0.4) is 0 Å². The van der Waals surface area contributed by atoms with Gasteiger partial charge in [0.2, 0.25) is 0 Å². The first-order valence-electron chi connectivity index (χ1n) is 4.04. The molecular weight excluding hydrogens is 194 g/mol. The molecule has 0 saturated heterocycles. The Labute approximate surface area is 78.7 Å². The van der Waals surface area contributed by atoms with Gasteiger partial charge in [-0.25, -0.2) is 0 Å². The van der Waals surface area contributed by atoms with E-state index in [0.717, 1.165) is 0 Å². The van der Waals surface area contributed by atoms with Gasteiger partial charge in [-0.15, -0.1) is 0 Å². The molecule has 4 N–H and O–H groups in total. The van der Waals surface area contributed by atoms with Gasteiger partial charge in [0.15, 0.2) is 0 Å². The average Bonchev–Trinajstić information content (AvgIpc) is 1.82. The third-order valence-electron chi connectivity index (χ3n) is 2.24. The summed E-state index contributed by atoms with van der Waals surface area (Å²) in [5.74, 6) is -0.769. The van der Waals surface area contributed by atoms with Crippen molar-refractivity contribution in [3.63, 3.8) is 0 Å². The van der Waals surface area contributed by atoms with Crippen LogP contribution in [0.15, 0.2) is 0 Å². The van der Waals surface area contributed by atoms with Crippen molar-refractivity contribution in [3.8, 4) is 0 Å². The zero-order chi connectivity index (χ0) is 10.7. The van der Waals surface area contributed by atoms with E-state index in [2.05, 4.69) is 0 Å². The molecule has 2 unspecified atom stereocenters. The van der Waals surface area contributed by atoms with E-state index >= 15 is 0 Å². The van der Waals surface area contributed by atoms with Gasteiger partial charge in [0.1, 0.15) is 0 Å². The average molecular weight is 211 g/mol. The lowest BCUT2D eigenvalue weighted by Crippen LogP contribution is -2.46. The zero-order valence-electron chi connectivity index (χ0n) is 7.90. The number of hydrogen-bond acceptors (Lipinski definition) is 4. The summed E-state index contributed by atoms with van der Waals surface area (Å²) in [6.07, 6.45) is 0.309. The minimum absolute atomic E-state index is 0.0944. The van der Waals surface area contributed by atoms with Gasteiger partial charge >= 0.3 is 0 Å². The quantitative estimate of drug-likeness (QED) is 0.538. The summed E-state index contributed by atoms with van der Waals surface area (Å²) in [6, 6.07) is 0. The Morgan fingerprint density at radius 3 is 2.31 bits per heavy atom. The van der Waals surface area contributed by atoms with Gasteiger partial charge < -0.3 is 10.8 Å². The molecule has 0 amide bonds. The molecule has 2 atom stereocenters. The molecule has 0 saturated carbocycles. The molecule has 0 aliphatic heterocycles. The second-order valence-corrected chi connectivity index (χ2v) is 5.13. The van der Waals surface area contributed by atoms with Gasteiger partial charge in [-0.3, -0.25) is 4.55 Å². The van der Waals surface area contributed by atoms with Crippen molar-refractivity contribution < 1.29 is 18.1 Å². The van der Waals surface area contributed by atoms with E-state index in [0.29, 0.717) is 6.42 Å².